The van der Waals surface area contributed by atoms with Crippen molar-refractivity contribution in [2.45, 2.75) is 32.6 Å². The van der Waals surface area contributed by atoms with Crippen LogP contribution in [0, 0.1) is 0 Å². The van der Waals surface area contributed by atoms with E-state index in [1.165, 1.54) is 0 Å². The van der Waals surface area contributed by atoms with E-state index in [4.69, 9.17) is 23.8 Å². The van der Waals surface area contributed by atoms with Crippen LogP contribution in [0.4, 0.5) is 11.4 Å². The molecule has 7 heteroatoms. The van der Waals surface area contributed by atoms with Crippen LogP contribution in [0.2, 0.25) is 5.02 Å². The maximum atomic E-state index is 11.8. The van der Waals surface area contributed by atoms with Crippen LogP contribution in [-0.2, 0) is 4.79 Å². The van der Waals surface area contributed by atoms with Crippen LogP contribution < -0.4 is 15.5 Å². The average molecular weight is 383 g/mol. The standard InChI is InChI=1S/C18H27ClN4OS/c1-3-4-5-6-17(24)21-18(25)20-14-7-8-16(15(19)13-14)23-11-9-22(2)10-12-23/h7-8,13H,3-6,9-12H2,1-2H3,(H2,20,21,24,25). The zero-order valence-corrected chi connectivity index (χ0v) is 16.6. The first-order valence-corrected chi connectivity index (χ1v) is 9.62. The minimum atomic E-state index is -0.0499. The molecule has 1 aromatic rings. The summed E-state index contributed by atoms with van der Waals surface area (Å²) in [6, 6.07) is 5.79. The van der Waals surface area contributed by atoms with E-state index >= 15 is 0 Å². The van der Waals surface area contributed by atoms with Crippen LogP contribution in [-0.4, -0.2) is 49.1 Å². The van der Waals surface area contributed by atoms with Crippen molar-refractivity contribution < 1.29 is 4.79 Å². The van der Waals surface area contributed by atoms with Crippen molar-refractivity contribution >= 4 is 46.2 Å². The maximum absolute atomic E-state index is 11.8. The number of hydrogen-bond donors (Lipinski definition) is 2. The molecule has 0 radical (unpaired) electrons. The van der Waals surface area contributed by atoms with Gasteiger partial charge in [0.25, 0.3) is 0 Å². The molecule has 1 aliphatic heterocycles. The van der Waals surface area contributed by atoms with Crippen molar-refractivity contribution in [2.75, 3.05) is 43.4 Å². The molecule has 2 N–H and O–H groups in total. The van der Waals surface area contributed by atoms with Gasteiger partial charge in [0.2, 0.25) is 5.91 Å². The largest absolute Gasteiger partial charge is 0.368 e. The molecule has 1 aromatic carbocycles. The maximum Gasteiger partial charge on any atom is 0.226 e. The highest BCUT2D eigenvalue weighted by atomic mass is 35.5. The second kappa shape index (κ2) is 9.94. The number of hydrogen-bond acceptors (Lipinski definition) is 4. The first kappa shape index (κ1) is 19.9. The third kappa shape index (κ3) is 6.45. The summed E-state index contributed by atoms with van der Waals surface area (Å²) in [5.41, 5.74) is 1.82. The Kier molecular flexibility index (Phi) is 7.93. The van der Waals surface area contributed by atoms with E-state index in [2.05, 4.69) is 34.4 Å². The summed E-state index contributed by atoms with van der Waals surface area (Å²) in [5, 5.41) is 6.74. The second-order valence-corrected chi connectivity index (χ2v) is 7.23. The van der Waals surface area contributed by atoms with E-state index in [-0.39, 0.29) is 5.91 Å². The van der Waals surface area contributed by atoms with Crippen molar-refractivity contribution in [2.24, 2.45) is 0 Å². The third-order valence-corrected chi connectivity index (χ3v) is 4.82. The van der Waals surface area contributed by atoms with Gasteiger partial charge in [-0.3, -0.25) is 4.79 Å². The molecule has 2 rings (SSSR count). The van der Waals surface area contributed by atoms with Crippen molar-refractivity contribution in [3.8, 4) is 0 Å². The number of carbonyl (C=O) groups is 1. The minimum Gasteiger partial charge on any atom is -0.368 e. The summed E-state index contributed by atoms with van der Waals surface area (Å²) < 4.78 is 0. The molecule has 1 saturated heterocycles. The average Bonchev–Trinajstić information content (AvgIpc) is 2.56. The van der Waals surface area contributed by atoms with Crippen molar-refractivity contribution in [3.05, 3.63) is 23.2 Å². The molecule has 0 aromatic heterocycles. The van der Waals surface area contributed by atoms with Crippen LogP contribution in [0.25, 0.3) is 0 Å². The number of piperazine rings is 1. The number of rotatable bonds is 6. The molecule has 0 aliphatic carbocycles. The van der Waals surface area contributed by atoms with Crippen molar-refractivity contribution in [3.63, 3.8) is 0 Å². The number of likely N-dealkylation sites (N-methyl/N-ethyl adjacent to an activating group) is 1. The number of nitrogens with zero attached hydrogens (tertiary/aromatic N) is 2. The zero-order chi connectivity index (χ0) is 18.2. The molecule has 0 unspecified atom stereocenters. The van der Waals surface area contributed by atoms with Gasteiger partial charge in [-0.05, 0) is 43.9 Å². The van der Waals surface area contributed by atoms with Crippen LogP contribution in [0.1, 0.15) is 32.6 Å². The van der Waals surface area contributed by atoms with Crippen LogP contribution in [0.5, 0.6) is 0 Å². The summed E-state index contributed by atoms with van der Waals surface area (Å²) in [5.74, 6) is -0.0499. The highest BCUT2D eigenvalue weighted by Crippen LogP contribution is 2.29. The van der Waals surface area contributed by atoms with Crippen molar-refractivity contribution in [1.29, 1.82) is 0 Å². The zero-order valence-electron chi connectivity index (χ0n) is 15.0. The third-order valence-electron chi connectivity index (χ3n) is 4.31. The fraction of sp³-hybridized carbons (Fsp3) is 0.556. The van der Waals surface area contributed by atoms with E-state index in [9.17, 15) is 4.79 Å². The Morgan fingerprint density at radius 1 is 1.24 bits per heavy atom. The van der Waals surface area contributed by atoms with Gasteiger partial charge in [0.1, 0.15) is 0 Å². The predicted octanol–water partition coefficient (Wildman–Crippen LogP) is 3.49. The van der Waals surface area contributed by atoms with E-state index in [0.717, 1.165) is 56.8 Å². The quantitative estimate of drug-likeness (QED) is 0.582. The number of unbranched alkanes of at least 4 members (excludes halogenated alkanes) is 2. The summed E-state index contributed by atoms with van der Waals surface area (Å²) >= 11 is 11.7. The Bertz CT molecular complexity index is 603. The van der Waals surface area contributed by atoms with Crippen LogP contribution >= 0.6 is 23.8 Å². The molecule has 5 nitrogen and oxygen atoms in total. The Hall–Kier alpha value is -1.37. The lowest BCUT2D eigenvalue weighted by Crippen LogP contribution is -2.44. The Morgan fingerprint density at radius 3 is 2.60 bits per heavy atom. The molecule has 1 fully saturated rings. The van der Waals surface area contributed by atoms with Gasteiger partial charge < -0.3 is 20.4 Å². The van der Waals surface area contributed by atoms with E-state index < -0.39 is 0 Å². The summed E-state index contributed by atoms with van der Waals surface area (Å²) in [4.78, 5) is 16.4. The Balaban J connectivity index is 1.87. The SMILES string of the molecule is CCCCCC(=O)NC(=S)Nc1ccc(N2CCN(C)CC2)c(Cl)c1. The fourth-order valence-electron chi connectivity index (χ4n) is 2.78. The summed E-state index contributed by atoms with van der Waals surface area (Å²) in [7, 11) is 2.13. The molecule has 1 heterocycles. The predicted molar refractivity (Wildman–Crippen MR) is 110 cm³/mol. The van der Waals surface area contributed by atoms with E-state index in [1.807, 2.05) is 18.2 Å². The molecule has 0 bridgehead atoms. The van der Waals surface area contributed by atoms with Gasteiger partial charge in [-0.2, -0.15) is 0 Å². The van der Waals surface area contributed by atoms with Crippen LogP contribution in [0.15, 0.2) is 18.2 Å². The minimum absolute atomic E-state index is 0.0499. The summed E-state index contributed by atoms with van der Waals surface area (Å²) in [6.45, 7) is 6.11. The molecule has 1 amide bonds. The van der Waals surface area contributed by atoms with Crippen molar-refractivity contribution in [1.82, 2.24) is 10.2 Å². The lowest BCUT2D eigenvalue weighted by atomic mass is 10.2. The van der Waals surface area contributed by atoms with Gasteiger partial charge in [-0.15, -0.1) is 0 Å². The highest BCUT2D eigenvalue weighted by Gasteiger charge is 2.17. The van der Waals surface area contributed by atoms with E-state index in [1.54, 1.807) is 0 Å². The number of halogens is 1. The molecular weight excluding hydrogens is 356 g/mol. The first-order valence-electron chi connectivity index (χ1n) is 8.83. The molecule has 25 heavy (non-hydrogen) atoms. The Labute approximate surface area is 160 Å². The summed E-state index contributed by atoms with van der Waals surface area (Å²) in [6.07, 6.45) is 3.53. The smallest absolute Gasteiger partial charge is 0.226 e. The molecule has 0 spiro atoms. The van der Waals surface area contributed by atoms with Gasteiger partial charge in [-0.25, -0.2) is 0 Å². The first-order chi connectivity index (χ1) is 12.0. The number of carbonyl (C=O) groups excluding carboxylic acids is 1. The molecule has 0 atom stereocenters. The lowest BCUT2D eigenvalue weighted by molar-refractivity contribution is -0.119. The Morgan fingerprint density at radius 2 is 1.96 bits per heavy atom. The topological polar surface area (TPSA) is 47.6 Å². The normalized spacial score (nSPS) is 15.1. The van der Waals surface area contributed by atoms with E-state index in [0.29, 0.717) is 16.6 Å². The van der Waals surface area contributed by atoms with Gasteiger partial charge in [-0.1, -0.05) is 31.4 Å². The highest BCUT2D eigenvalue weighted by molar-refractivity contribution is 7.80. The second-order valence-electron chi connectivity index (χ2n) is 6.42. The number of anilines is 2. The van der Waals surface area contributed by atoms with Gasteiger partial charge in [0.05, 0.1) is 10.7 Å². The monoisotopic (exact) mass is 382 g/mol. The number of amides is 1. The van der Waals surface area contributed by atoms with Crippen LogP contribution in [0.3, 0.4) is 0 Å². The van der Waals surface area contributed by atoms with Gasteiger partial charge in [0, 0.05) is 38.3 Å². The molecule has 1 aliphatic rings. The molecule has 0 saturated carbocycles. The van der Waals surface area contributed by atoms with Gasteiger partial charge >= 0.3 is 0 Å². The lowest BCUT2D eigenvalue weighted by Gasteiger charge is -2.34. The fourth-order valence-corrected chi connectivity index (χ4v) is 3.31. The number of thiocarbonyl (C=S) groups is 1. The molecule has 138 valence electrons. The van der Waals surface area contributed by atoms with Gasteiger partial charge in [0.15, 0.2) is 5.11 Å². The number of nitrogens with one attached hydrogen (secondary N) is 2. The number of benzene rings is 1. The molecular formula is C18H27ClN4OS.